The largest absolute Gasteiger partial charge is 0.326 e. The van der Waals surface area contributed by atoms with Crippen LogP contribution in [0.25, 0.3) is 0 Å². The van der Waals surface area contributed by atoms with Gasteiger partial charge in [-0.05, 0) is 29.8 Å². The molecule has 4 heteroatoms. The number of halogens is 2. The lowest BCUT2D eigenvalue weighted by atomic mass is 10.1. The molecule has 1 nitrogen and oxygen atoms in total. The summed E-state index contributed by atoms with van der Waals surface area (Å²) in [6, 6.07) is 12.7. The van der Waals surface area contributed by atoms with Crippen molar-refractivity contribution in [2.24, 2.45) is 5.73 Å². The normalized spacial score (nSPS) is 10.6. The molecule has 0 heterocycles. The molecule has 0 fully saturated rings. The van der Waals surface area contributed by atoms with Crippen LogP contribution < -0.4 is 5.73 Å². The number of thioether (sulfide) groups is 1. The van der Waals surface area contributed by atoms with E-state index in [4.69, 9.17) is 17.3 Å². The second-order valence-electron chi connectivity index (χ2n) is 3.88. The van der Waals surface area contributed by atoms with Crippen molar-refractivity contribution in [3.63, 3.8) is 0 Å². The molecule has 0 saturated heterocycles. The first-order chi connectivity index (χ1) is 8.69. The van der Waals surface area contributed by atoms with Crippen LogP contribution in [0, 0.1) is 5.82 Å². The van der Waals surface area contributed by atoms with Gasteiger partial charge in [0.2, 0.25) is 0 Å². The molecule has 0 aromatic heterocycles. The summed E-state index contributed by atoms with van der Waals surface area (Å²) in [6.07, 6.45) is 0. The van der Waals surface area contributed by atoms with Gasteiger partial charge < -0.3 is 5.73 Å². The Morgan fingerprint density at radius 1 is 1.17 bits per heavy atom. The van der Waals surface area contributed by atoms with Gasteiger partial charge >= 0.3 is 0 Å². The van der Waals surface area contributed by atoms with E-state index in [1.54, 1.807) is 17.8 Å². The Balaban J connectivity index is 2.06. The third-order valence-electron chi connectivity index (χ3n) is 2.53. The van der Waals surface area contributed by atoms with Crippen LogP contribution in [0.1, 0.15) is 11.1 Å². The summed E-state index contributed by atoms with van der Waals surface area (Å²) in [7, 11) is 0. The summed E-state index contributed by atoms with van der Waals surface area (Å²) in [5.41, 5.74) is 7.09. The van der Waals surface area contributed by atoms with Crippen molar-refractivity contribution >= 4 is 23.4 Å². The molecule has 0 saturated carbocycles. The van der Waals surface area contributed by atoms with Crippen molar-refractivity contribution in [3.8, 4) is 0 Å². The highest BCUT2D eigenvalue weighted by Crippen LogP contribution is 2.25. The van der Waals surface area contributed by atoms with E-state index >= 15 is 0 Å². The standard InChI is InChI=1S/C14H13ClFNS/c15-12-2-1-3-13(7-12)18-9-10-4-5-14(16)11(6-10)8-17/h1-7H,8-9,17H2. The molecule has 94 valence electrons. The van der Waals surface area contributed by atoms with Gasteiger partial charge in [0.1, 0.15) is 5.82 Å². The Morgan fingerprint density at radius 2 is 2.00 bits per heavy atom. The highest BCUT2D eigenvalue weighted by molar-refractivity contribution is 7.98. The maximum Gasteiger partial charge on any atom is 0.127 e. The minimum Gasteiger partial charge on any atom is -0.326 e. The zero-order valence-electron chi connectivity index (χ0n) is 9.70. The number of hydrogen-bond acceptors (Lipinski definition) is 2. The quantitative estimate of drug-likeness (QED) is 0.849. The summed E-state index contributed by atoms with van der Waals surface area (Å²) in [4.78, 5) is 1.10. The van der Waals surface area contributed by atoms with Crippen molar-refractivity contribution in [1.29, 1.82) is 0 Å². The molecule has 0 amide bonds. The van der Waals surface area contributed by atoms with E-state index < -0.39 is 0 Å². The Hall–Kier alpha value is -1.03. The summed E-state index contributed by atoms with van der Waals surface area (Å²) >= 11 is 7.58. The number of benzene rings is 2. The third-order valence-corrected chi connectivity index (χ3v) is 3.83. The monoisotopic (exact) mass is 281 g/mol. The number of nitrogens with two attached hydrogens (primary N) is 1. The first-order valence-electron chi connectivity index (χ1n) is 5.55. The lowest BCUT2D eigenvalue weighted by Gasteiger charge is -2.05. The second kappa shape index (κ2) is 6.23. The molecular weight excluding hydrogens is 269 g/mol. The SMILES string of the molecule is NCc1cc(CSc2cccc(Cl)c2)ccc1F. The number of rotatable bonds is 4. The van der Waals surface area contributed by atoms with Crippen LogP contribution in [-0.4, -0.2) is 0 Å². The fraction of sp³-hybridized carbons (Fsp3) is 0.143. The average molecular weight is 282 g/mol. The van der Waals surface area contributed by atoms with Crippen molar-refractivity contribution in [2.75, 3.05) is 0 Å². The van der Waals surface area contributed by atoms with Crippen LogP contribution >= 0.6 is 23.4 Å². The van der Waals surface area contributed by atoms with E-state index in [9.17, 15) is 4.39 Å². The number of hydrogen-bond donors (Lipinski definition) is 1. The van der Waals surface area contributed by atoms with Gasteiger partial charge in [-0.15, -0.1) is 11.8 Å². The first kappa shape index (κ1) is 13.4. The van der Waals surface area contributed by atoms with Crippen molar-refractivity contribution in [1.82, 2.24) is 0 Å². The summed E-state index contributed by atoms with van der Waals surface area (Å²) in [5, 5.41) is 0.724. The molecule has 0 radical (unpaired) electrons. The predicted molar refractivity (Wildman–Crippen MR) is 75.3 cm³/mol. The minimum atomic E-state index is -0.242. The van der Waals surface area contributed by atoms with Crippen LogP contribution in [0.15, 0.2) is 47.4 Å². The third kappa shape index (κ3) is 3.48. The summed E-state index contributed by atoms with van der Waals surface area (Å²) in [6.45, 7) is 0.224. The molecule has 18 heavy (non-hydrogen) atoms. The molecule has 2 aromatic carbocycles. The Kier molecular flexibility index (Phi) is 4.64. The van der Waals surface area contributed by atoms with Crippen molar-refractivity contribution in [3.05, 3.63) is 64.4 Å². The molecule has 0 aliphatic rings. The van der Waals surface area contributed by atoms with E-state index in [0.29, 0.717) is 5.56 Å². The molecule has 0 aliphatic carbocycles. The molecule has 2 rings (SSSR count). The average Bonchev–Trinajstić information content (AvgIpc) is 2.38. The molecule has 2 N–H and O–H groups in total. The topological polar surface area (TPSA) is 26.0 Å². The zero-order valence-corrected chi connectivity index (χ0v) is 11.3. The van der Waals surface area contributed by atoms with Crippen LogP contribution in [0.4, 0.5) is 4.39 Å². The predicted octanol–water partition coefficient (Wildman–Crippen LogP) is 4.23. The highest BCUT2D eigenvalue weighted by Gasteiger charge is 2.03. The fourth-order valence-corrected chi connectivity index (χ4v) is 2.75. The second-order valence-corrected chi connectivity index (χ2v) is 5.36. The lowest BCUT2D eigenvalue weighted by Crippen LogP contribution is -2.00. The van der Waals surface area contributed by atoms with Crippen LogP contribution in [0.3, 0.4) is 0 Å². The maximum absolute atomic E-state index is 13.3. The van der Waals surface area contributed by atoms with E-state index in [2.05, 4.69) is 0 Å². The minimum absolute atomic E-state index is 0.224. The molecule has 0 aliphatic heterocycles. The van der Waals surface area contributed by atoms with Crippen molar-refractivity contribution < 1.29 is 4.39 Å². The zero-order chi connectivity index (χ0) is 13.0. The highest BCUT2D eigenvalue weighted by atomic mass is 35.5. The summed E-state index contributed by atoms with van der Waals surface area (Å²) in [5.74, 6) is 0.530. The maximum atomic E-state index is 13.3. The van der Waals surface area contributed by atoms with E-state index in [0.717, 1.165) is 21.2 Å². The summed E-state index contributed by atoms with van der Waals surface area (Å²) < 4.78 is 13.3. The van der Waals surface area contributed by atoms with Gasteiger partial charge in [-0.1, -0.05) is 29.8 Å². The van der Waals surface area contributed by atoms with Gasteiger partial charge in [0, 0.05) is 27.8 Å². The Labute approximate surface area is 115 Å². The van der Waals surface area contributed by atoms with Gasteiger partial charge in [0.05, 0.1) is 0 Å². The Bertz CT molecular complexity index is 545. The first-order valence-corrected chi connectivity index (χ1v) is 6.91. The lowest BCUT2D eigenvalue weighted by molar-refractivity contribution is 0.610. The van der Waals surface area contributed by atoms with Gasteiger partial charge in [0.15, 0.2) is 0 Å². The van der Waals surface area contributed by atoms with Crippen molar-refractivity contribution in [2.45, 2.75) is 17.2 Å². The van der Waals surface area contributed by atoms with Gasteiger partial charge in [-0.25, -0.2) is 4.39 Å². The van der Waals surface area contributed by atoms with Gasteiger partial charge in [0.25, 0.3) is 0 Å². The molecule has 0 unspecified atom stereocenters. The van der Waals surface area contributed by atoms with Crippen LogP contribution in [0.5, 0.6) is 0 Å². The van der Waals surface area contributed by atoms with E-state index in [-0.39, 0.29) is 12.4 Å². The van der Waals surface area contributed by atoms with E-state index in [1.807, 2.05) is 30.3 Å². The van der Waals surface area contributed by atoms with E-state index in [1.165, 1.54) is 6.07 Å². The van der Waals surface area contributed by atoms with Crippen LogP contribution in [0.2, 0.25) is 5.02 Å². The molecule has 2 aromatic rings. The van der Waals surface area contributed by atoms with Crippen LogP contribution in [-0.2, 0) is 12.3 Å². The fourth-order valence-electron chi connectivity index (χ4n) is 1.60. The Morgan fingerprint density at radius 3 is 2.72 bits per heavy atom. The molecule has 0 atom stereocenters. The molecule has 0 bridgehead atoms. The van der Waals surface area contributed by atoms with Gasteiger partial charge in [-0.3, -0.25) is 0 Å². The smallest absolute Gasteiger partial charge is 0.127 e. The van der Waals surface area contributed by atoms with Gasteiger partial charge in [-0.2, -0.15) is 0 Å². The molecular formula is C14H13ClFNS. The molecule has 0 spiro atoms.